The van der Waals surface area contributed by atoms with Crippen molar-refractivity contribution in [3.05, 3.63) is 48.0 Å². The molecule has 1 aromatic rings. The van der Waals surface area contributed by atoms with Gasteiger partial charge in [0.1, 0.15) is 6.04 Å². The Morgan fingerprint density at radius 3 is 2.80 bits per heavy atom. The van der Waals surface area contributed by atoms with E-state index in [-0.39, 0.29) is 29.7 Å². The second-order valence-corrected chi connectivity index (χ2v) is 5.21. The number of hydrogen-bond donors (Lipinski definition) is 0. The lowest BCUT2D eigenvalue weighted by Gasteiger charge is -2.27. The molecule has 2 heterocycles. The van der Waals surface area contributed by atoms with E-state index >= 15 is 0 Å². The normalized spacial score (nSPS) is 30.9. The third-order valence-corrected chi connectivity index (χ3v) is 4.09. The quantitative estimate of drug-likeness (QED) is 0.771. The number of nitriles is 1. The maximum Gasteiger partial charge on any atom is 0.187 e. The molecule has 0 unspecified atom stereocenters. The molecule has 100 valence electrons. The van der Waals surface area contributed by atoms with Crippen LogP contribution in [0.5, 0.6) is 0 Å². The minimum Gasteiger partial charge on any atom is -0.292 e. The molecular weight excluding hydrogens is 250 g/mol. The standard InChI is InChI=1S/C16H15N3O/c1-11-13(10-17)14-8-5-9-18-19(14)15(11)16(20)12-6-3-2-4-7-12/h2-9,11,13-15H,1H3/t11-,13-,14+,15-/m0/s1. The van der Waals surface area contributed by atoms with Gasteiger partial charge < -0.3 is 0 Å². The van der Waals surface area contributed by atoms with Crippen LogP contribution < -0.4 is 0 Å². The van der Waals surface area contributed by atoms with E-state index in [1.54, 1.807) is 11.2 Å². The van der Waals surface area contributed by atoms with E-state index in [4.69, 9.17) is 0 Å². The lowest BCUT2D eigenvalue weighted by atomic mass is 9.86. The Bertz CT molecular complexity index is 614. The van der Waals surface area contributed by atoms with E-state index in [0.717, 1.165) is 0 Å². The highest BCUT2D eigenvalue weighted by atomic mass is 16.1. The molecule has 4 heteroatoms. The number of hydrazone groups is 1. The first kappa shape index (κ1) is 12.6. The number of benzene rings is 1. The topological polar surface area (TPSA) is 56.5 Å². The number of nitrogens with zero attached hydrogens (tertiary/aromatic N) is 3. The smallest absolute Gasteiger partial charge is 0.187 e. The summed E-state index contributed by atoms with van der Waals surface area (Å²) >= 11 is 0. The monoisotopic (exact) mass is 265 g/mol. The zero-order valence-corrected chi connectivity index (χ0v) is 11.2. The average Bonchev–Trinajstić information content (AvgIpc) is 2.79. The molecule has 20 heavy (non-hydrogen) atoms. The highest BCUT2D eigenvalue weighted by Gasteiger charge is 2.49. The minimum absolute atomic E-state index is 0.0355. The van der Waals surface area contributed by atoms with Gasteiger partial charge in [-0.15, -0.1) is 0 Å². The van der Waals surface area contributed by atoms with Crippen molar-refractivity contribution in [1.29, 1.82) is 5.26 Å². The van der Waals surface area contributed by atoms with Crippen molar-refractivity contribution in [1.82, 2.24) is 5.01 Å². The number of fused-ring (bicyclic) bond motifs is 1. The van der Waals surface area contributed by atoms with Crippen LogP contribution in [0.2, 0.25) is 0 Å². The second-order valence-electron chi connectivity index (χ2n) is 5.21. The Morgan fingerprint density at radius 1 is 1.35 bits per heavy atom. The number of ketones is 1. The molecule has 0 N–H and O–H groups in total. The van der Waals surface area contributed by atoms with Gasteiger partial charge in [0.15, 0.2) is 5.78 Å². The summed E-state index contributed by atoms with van der Waals surface area (Å²) in [6.45, 7) is 1.96. The molecule has 0 aromatic heterocycles. The Labute approximate surface area is 118 Å². The first-order valence-electron chi connectivity index (χ1n) is 6.72. The molecule has 0 radical (unpaired) electrons. The molecule has 3 rings (SSSR count). The summed E-state index contributed by atoms with van der Waals surface area (Å²) in [4.78, 5) is 12.7. The lowest BCUT2D eigenvalue weighted by molar-refractivity contribution is 0.0824. The number of carbonyl (C=O) groups excluding carboxylic acids is 1. The molecule has 4 nitrogen and oxygen atoms in total. The van der Waals surface area contributed by atoms with Crippen molar-refractivity contribution in [3.8, 4) is 6.07 Å². The SMILES string of the molecule is C[C@H]1[C@H](C#N)[C@H]2C=CC=NN2[C@@H]1C(=O)c1ccccc1. The first-order valence-corrected chi connectivity index (χ1v) is 6.72. The van der Waals surface area contributed by atoms with Gasteiger partial charge in [0, 0.05) is 17.7 Å². The number of rotatable bonds is 2. The Morgan fingerprint density at radius 2 is 2.10 bits per heavy atom. The van der Waals surface area contributed by atoms with Gasteiger partial charge in [-0.2, -0.15) is 10.4 Å². The van der Waals surface area contributed by atoms with Gasteiger partial charge in [-0.1, -0.05) is 43.3 Å². The summed E-state index contributed by atoms with van der Waals surface area (Å²) < 4.78 is 0. The predicted molar refractivity (Wildman–Crippen MR) is 76.1 cm³/mol. The number of hydrogen-bond acceptors (Lipinski definition) is 4. The van der Waals surface area contributed by atoms with Crippen LogP contribution >= 0.6 is 0 Å². The van der Waals surface area contributed by atoms with Crippen molar-refractivity contribution in [2.75, 3.05) is 0 Å². The van der Waals surface area contributed by atoms with Gasteiger partial charge in [0.2, 0.25) is 0 Å². The van der Waals surface area contributed by atoms with Gasteiger partial charge in [-0.05, 0) is 6.08 Å². The average molecular weight is 265 g/mol. The molecule has 0 spiro atoms. The molecule has 1 fully saturated rings. The van der Waals surface area contributed by atoms with Crippen molar-refractivity contribution < 1.29 is 4.79 Å². The van der Waals surface area contributed by atoms with E-state index in [0.29, 0.717) is 5.56 Å². The van der Waals surface area contributed by atoms with Crippen molar-refractivity contribution in [2.24, 2.45) is 16.9 Å². The maximum atomic E-state index is 12.7. The van der Waals surface area contributed by atoms with Crippen molar-refractivity contribution in [3.63, 3.8) is 0 Å². The minimum atomic E-state index is -0.367. The maximum absolute atomic E-state index is 12.7. The van der Waals surface area contributed by atoms with Gasteiger partial charge >= 0.3 is 0 Å². The van der Waals surface area contributed by atoms with Crippen LogP contribution in [0, 0.1) is 23.2 Å². The van der Waals surface area contributed by atoms with E-state index < -0.39 is 0 Å². The third-order valence-electron chi connectivity index (χ3n) is 4.09. The lowest BCUT2D eigenvalue weighted by Crippen LogP contribution is -2.39. The second kappa shape index (κ2) is 4.93. The number of Topliss-reactive ketones (excluding diaryl/α,β-unsaturated/α-hetero) is 1. The molecule has 2 aliphatic rings. The molecular formula is C16H15N3O. The third kappa shape index (κ3) is 1.83. The van der Waals surface area contributed by atoms with Gasteiger partial charge in [0.05, 0.1) is 18.0 Å². The van der Waals surface area contributed by atoms with Crippen LogP contribution in [0.25, 0.3) is 0 Å². The Hall–Kier alpha value is -2.41. The van der Waals surface area contributed by atoms with Crippen molar-refractivity contribution in [2.45, 2.75) is 19.0 Å². The van der Waals surface area contributed by atoms with Crippen LogP contribution in [0.15, 0.2) is 47.6 Å². The van der Waals surface area contributed by atoms with E-state index in [2.05, 4.69) is 11.2 Å². The summed E-state index contributed by atoms with van der Waals surface area (Å²) in [7, 11) is 0. The predicted octanol–water partition coefficient (Wildman–Crippen LogP) is 2.25. The highest BCUT2D eigenvalue weighted by molar-refractivity contribution is 6.00. The molecule has 2 aliphatic heterocycles. The van der Waals surface area contributed by atoms with Gasteiger partial charge in [0.25, 0.3) is 0 Å². The molecule has 0 bridgehead atoms. The molecule has 0 aliphatic carbocycles. The van der Waals surface area contributed by atoms with E-state index in [1.165, 1.54) is 0 Å². The first-order chi connectivity index (χ1) is 9.74. The summed E-state index contributed by atoms with van der Waals surface area (Å²) in [5.74, 6) is -0.215. The fraction of sp³-hybridized carbons (Fsp3) is 0.312. The summed E-state index contributed by atoms with van der Waals surface area (Å²) in [6, 6.07) is 11.1. The Balaban J connectivity index is 1.97. The number of allylic oxidation sites excluding steroid dienone is 1. The van der Waals surface area contributed by atoms with Crippen LogP contribution in [-0.4, -0.2) is 29.1 Å². The summed E-state index contributed by atoms with van der Waals surface area (Å²) in [5, 5.41) is 15.5. The van der Waals surface area contributed by atoms with E-state index in [1.807, 2.05) is 49.4 Å². The fourth-order valence-electron chi connectivity index (χ4n) is 3.06. The zero-order valence-electron chi connectivity index (χ0n) is 11.2. The summed E-state index contributed by atoms with van der Waals surface area (Å²) in [6.07, 6.45) is 5.47. The highest BCUT2D eigenvalue weighted by Crippen LogP contribution is 2.38. The van der Waals surface area contributed by atoms with Crippen LogP contribution in [0.3, 0.4) is 0 Å². The van der Waals surface area contributed by atoms with Gasteiger partial charge in [-0.3, -0.25) is 9.80 Å². The molecule has 1 saturated heterocycles. The van der Waals surface area contributed by atoms with Crippen LogP contribution in [-0.2, 0) is 0 Å². The molecule has 0 saturated carbocycles. The Kier molecular flexibility index (Phi) is 3.11. The van der Waals surface area contributed by atoms with Crippen molar-refractivity contribution >= 4 is 12.0 Å². The molecule has 1 aromatic carbocycles. The largest absolute Gasteiger partial charge is 0.292 e. The molecule has 4 atom stereocenters. The number of carbonyl (C=O) groups is 1. The van der Waals surface area contributed by atoms with Gasteiger partial charge in [-0.25, -0.2) is 0 Å². The molecule has 0 amide bonds. The summed E-state index contributed by atoms with van der Waals surface area (Å²) in [5.41, 5.74) is 0.673. The fourth-order valence-corrected chi connectivity index (χ4v) is 3.06. The van der Waals surface area contributed by atoms with Crippen LogP contribution in [0.4, 0.5) is 0 Å². The van der Waals surface area contributed by atoms with Crippen LogP contribution in [0.1, 0.15) is 17.3 Å². The van der Waals surface area contributed by atoms with E-state index in [9.17, 15) is 10.1 Å². The zero-order chi connectivity index (χ0) is 14.1.